The number of hydrogen-bond acceptors (Lipinski definition) is 1. The molecule has 0 fully saturated rings. The molecule has 0 atom stereocenters. The molecule has 0 aliphatic heterocycles. The third-order valence-corrected chi connectivity index (χ3v) is 6.49. The smallest absolute Gasteiger partial charge is 0.0434 e. The first-order chi connectivity index (χ1) is 12.7. The van der Waals surface area contributed by atoms with E-state index in [1.807, 2.05) is 11.3 Å². The first-order valence-corrected chi connectivity index (χ1v) is 9.97. The number of rotatable bonds is 2. The highest BCUT2D eigenvalue weighted by atomic mass is 32.1. The van der Waals surface area contributed by atoms with E-state index in [2.05, 4.69) is 92.7 Å². The van der Waals surface area contributed by atoms with Crippen molar-refractivity contribution in [2.45, 2.75) is 19.8 Å². The van der Waals surface area contributed by atoms with Crippen LogP contribution in [0, 0.1) is 0 Å². The van der Waals surface area contributed by atoms with E-state index in [9.17, 15) is 0 Å². The molecular weight excluding hydrogens is 332 g/mol. The zero-order chi connectivity index (χ0) is 17.7. The topological polar surface area (TPSA) is 0 Å². The normalized spacial score (nSPS) is 11.8. The van der Waals surface area contributed by atoms with Crippen molar-refractivity contribution in [2.75, 3.05) is 0 Å². The molecule has 0 spiro atoms. The Balaban J connectivity index is 1.83. The van der Waals surface area contributed by atoms with Crippen molar-refractivity contribution >= 4 is 42.3 Å². The summed E-state index contributed by atoms with van der Waals surface area (Å²) < 4.78 is 2.74. The second-order valence-corrected chi connectivity index (χ2v) is 8.27. The number of hydrogen-bond donors (Lipinski definition) is 0. The lowest BCUT2D eigenvalue weighted by Crippen LogP contribution is -1.88. The molecule has 0 N–H and O–H groups in total. The van der Waals surface area contributed by atoms with Gasteiger partial charge in [-0.05, 0) is 33.9 Å². The average molecular weight is 353 g/mol. The fraction of sp³-hybridized carbons (Fsp3) is 0.120. The summed E-state index contributed by atoms with van der Waals surface area (Å²) in [5.41, 5.74) is 4.07. The minimum absolute atomic E-state index is 0.550. The van der Waals surface area contributed by atoms with Gasteiger partial charge in [0, 0.05) is 25.7 Å². The second kappa shape index (κ2) is 5.96. The predicted octanol–water partition coefficient (Wildman–Crippen LogP) is 8.00. The Bertz CT molecular complexity index is 1260. The molecule has 0 unspecified atom stereocenters. The standard InChI is InChI=1S/C25H20S/c1-16(2)17-13-14-19-18(15-17)7-5-9-20(19)22-10-6-11-23-21-8-3-4-12-24(21)26-25(22)23/h3-16H,1-2H3. The molecule has 0 saturated carbocycles. The predicted molar refractivity (Wildman–Crippen MR) is 116 cm³/mol. The molecule has 0 aliphatic carbocycles. The van der Waals surface area contributed by atoms with Gasteiger partial charge in [0.1, 0.15) is 0 Å². The Kier molecular flexibility index (Phi) is 3.58. The Morgan fingerprint density at radius 3 is 2.31 bits per heavy atom. The van der Waals surface area contributed by atoms with Crippen LogP contribution in [-0.4, -0.2) is 0 Å². The zero-order valence-electron chi connectivity index (χ0n) is 15.0. The number of thiophene rings is 1. The molecular formula is C25H20S. The maximum absolute atomic E-state index is 2.34. The van der Waals surface area contributed by atoms with Crippen LogP contribution in [0.15, 0.2) is 78.9 Å². The highest BCUT2D eigenvalue weighted by molar-refractivity contribution is 7.26. The lowest BCUT2D eigenvalue weighted by molar-refractivity contribution is 0.869. The number of benzene rings is 4. The molecule has 0 bridgehead atoms. The quantitative estimate of drug-likeness (QED) is 0.302. The lowest BCUT2D eigenvalue weighted by atomic mass is 9.93. The van der Waals surface area contributed by atoms with Gasteiger partial charge in [-0.1, -0.05) is 86.6 Å². The van der Waals surface area contributed by atoms with Crippen LogP contribution in [0.1, 0.15) is 25.3 Å². The summed E-state index contributed by atoms with van der Waals surface area (Å²) >= 11 is 1.90. The highest BCUT2D eigenvalue weighted by Gasteiger charge is 2.12. The minimum Gasteiger partial charge on any atom is -0.135 e. The van der Waals surface area contributed by atoms with Crippen LogP contribution in [0.3, 0.4) is 0 Å². The van der Waals surface area contributed by atoms with Crippen LogP contribution in [0.4, 0.5) is 0 Å². The molecule has 0 aliphatic rings. The molecule has 0 radical (unpaired) electrons. The summed E-state index contributed by atoms with van der Waals surface area (Å²) in [6.45, 7) is 4.51. The summed E-state index contributed by atoms with van der Waals surface area (Å²) in [7, 11) is 0. The van der Waals surface area contributed by atoms with Crippen molar-refractivity contribution in [1.82, 2.24) is 0 Å². The zero-order valence-corrected chi connectivity index (χ0v) is 15.8. The van der Waals surface area contributed by atoms with Crippen molar-refractivity contribution in [2.24, 2.45) is 0 Å². The summed E-state index contributed by atoms with van der Waals surface area (Å²) in [5.74, 6) is 0.550. The molecule has 26 heavy (non-hydrogen) atoms. The average Bonchev–Trinajstić information content (AvgIpc) is 3.06. The Morgan fingerprint density at radius 1 is 0.654 bits per heavy atom. The summed E-state index contributed by atoms with van der Waals surface area (Å²) in [5, 5.41) is 5.38. The van der Waals surface area contributed by atoms with Gasteiger partial charge < -0.3 is 0 Å². The Labute approximate surface area is 157 Å². The van der Waals surface area contributed by atoms with Crippen LogP contribution in [-0.2, 0) is 0 Å². The SMILES string of the molecule is CC(C)c1ccc2c(-c3cccc4c3sc3ccccc34)cccc2c1. The third kappa shape index (κ3) is 2.35. The molecule has 4 aromatic carbocycles. The maximum atomic E-state index is 2.34. The van der Waals surface area contributed by atoms with Gasteiger partial charge in [0.05, 0.1) is 0 Å². The van der Waals surface area contributed by atoms with Gasteiger partial charge in [-0.15, -0.1) is 11.3 Å². The van der Waals surface area contributed by atoms with Crippen LogP contribution in [0.25, 0.3) is 42.1 Å². The monoisotopic (exact) mass is 352 g/mol. The fourth-order valence-corrected chi connectivity index (χ4v) is 5.09. The molecule has 0 saturated heterocycles. The van der Waals surface area contributed by atoms with Crippen molar-refractivity contribution in [3.63, 3.8) is 0 Å². The molecule has 5 rings (SSSR count). The van der Waals surface area contributed by atoms with Gasteiger partial charge in [-0.2, -0.15) is 0 Å². The van der Waals surface area contributed by atoms with Crippen molar-refractivity contribution in [1.29, 1.82) is 0 Å². The van der Waals surface area contributed by atoms with Crippen LogP contribution in [0.5, 0.6) is 0 Å². The summed E-state index contributed by atoms with van der Waals surface area (Å²) in [6.07, 6.45) is 0. The van der Waals surface area contributed by atoms with E-state index in [1.54, 1.807) is 0 Å². The molecule has 5 aromatic rings. The lowest BCUT2D eigenvalue weighted by Gasteiger charge is -2.11. The van der Waals surface area contributed by atoms with Gasteiger partial charge >= 0.3 is 0 Å². The summed E-state index contributed by atoms with van der Waals surface area (Å²) in [4.78, 5) is 0. The van der Waals surface area contributed by atoms with E-state index in [0.717, 1.165) is 0 Å². The summed E-state index contributed by atoms with van der Waals surface area (Å²) in [6, 6.07) is 29.0. The van der Waals surface area contributed by atoms with Crippen LogP contribution in [0.2, 0.25) is 0 Å². The highest BCUT2D eigenvalue weighted by Crippen LogP contribution is 2.41. The van der Waals surface area contributed by atoms with E-state index in [-0.39, 0.29) is 0 Å². The Hall–Kier alpha value is -2.64. The van der Waals surface area contributed by atoms with Gasteiger partial charge in [-0.3, -0.25) is 0 Å². The molecule has 1 heterocycles. The maximum Gasteiger partial charge on any atom is 0.0434 e. The molecule has 0 nitrogen and oxygen atoms in total. The van der Waals surface area contributed by atoms with E-state index < -0.39 is 0 Å². The second-order valence-electron chi connectivity index (χ2n) is 7.22. The molecule has 126 valence electrons. The van der Waals surface area contributed by atoms with Crippen molar-refractivity contribution in [3.05, 3.63) is 84.4 Å². The minimum atomic E-state index is 0.550. The van der Waals surface area contributed by atoms with E-state index in [0.29, 0.717) is 5.92 Å². The van der Waals surface area contributed by atoms with Crippen LogP contribution < -0.4 is 0 Å². The van der Waals surface area contributed by atoms with Gasteiger partial charge in [-0.25, -0.2) is 0 Å². The Morgan fingerprint density at radius 2 is 1.42 bits per heavy atom. The first kappa shape index (κ1) is 15.6. The van der Waals surface area contributed by atoms with Crippen LogP contribution >= 0.6 is 11.3 Å². The molecule has 1 heteroatoms. The van der Waals surface area contributed by atoms with Crippen molar-refractivity contribution in [3.8, 4) is 11.1 Å². The van der Waals surface area contributed by atoms with Crippen molar-refractivity contribution < 1.29 is 0 Å². The molecule has 1 aromatic heterocycles. The van der Waals surface area contributed by atoms with E-state index >= 15 is 0 Å². The fourth-order valence-electron chi connectivity index (χ4n) is 3.86. The van der Waals surface area contributed by atoms with Gasteiger partial charge in [0.15, 0.2) is 0 Å². The largest absolute Gasteiger partial charge is 0.135 e. The third-order valence-electron chi connectivity index (χ3n) is 5.27. The van der Waals surface area contributed by atoms with Gasteiger partial charge in [0.25, 0.3) is 0 Å². The first-order valence-electron chi connectivity index (χ1n) is 9.16. The number of fused-ring (bicyclic) bond motifs is 4. The molecule has 0 amide bonds. The van der Waals surface area contributed by atoms with E-state index in [4.69, 9.17) is 0 Å². The van der Waals surface area contributed by atoms with E-state index in [1.165, 1.54) is 47.6 Å². The van der Waals surface area contributed by atoms with Gasteiger partial charge in [0.2, 0.25) is 0 Å².